The number of amides is 1. The van der Waals surface area contributed by atoms with Crippen LogP contribution >= 0.6 is 11.6 Å². The Hall–Kier alpha value is -1.04. The average molecular weight is 300 g/mol. The van der Waals surface area contributed by atoms with Crippen LogP contribution in [-0.2, 0) is 4.74 Å². The zero-order valence-corrected chi connectivity index (χ0v) is 12.7. The van der Waals surface area contributed by atoms with Crippen LogP contribution in [0.1, 0.15) is 35.9 Å². The van der Waals surface area contributed by atoms with E-state index in [4.69, 9.17) is 16.3 Å². The monoisotopic (exact) mass is 299 g/mol. The summed E-state index contributed by atoms with van der Waals surface area (Å²) in [5.41, 5.74) is 1.31. The number of nitrogens with one attached hydrogen (secondary N) is 3. The van der Waals surface area contributed by atoms with Gasteiger partial charge in [-0.25, -0.2) is 0 Å². The fraction of sp³-hybridized carbons (Fsp3) is 0.643. The number of halogens is 1. The molecule has 5 nitrogen and oxygen atoms in total. The third-order valence-corrected chi connectivity index (χ3v) is 3.87. The Morgan fingerprint density at radius 2 is 2.40 bits per heavy atom. The van der Waals surface area contributed by atoms with E-state index < -0.39 is 0 Å². The Kier molecular flexibility index (Phi) is 5.46. The summed E-state index contributed by atoms with van der Waals surface area (Å²) in [6, 6.07) is 1.70. The molecule has 2 atom stereocenters. The average Bonchev–Trinajstić information content (AvgIpc) is 2.78. The first-order valence-electron chi connectivity index (χ1n) is 7.10. The smallest absolute Gasteiger partial charge is 0.268 e. The molecule has 2 heterocycles. The normalized spacial score (nSPS) is 22.8. The number of aryl methyl sites for hydroxylation is 1. The Morgan fingerprint density at radius 1 is 1.60 bits per heavy atom. The van der Waals surface area contributed by atoms with Crippen molar-refractivity contribution in [2.24, 2.45) is 0 Å². The van der Waals surface area contributed by atoms with Gasteiger partial charge in [-0.15, -0.1) is 0 Å². The van der Waals surface area contributed by atoms with Gasteiger partial charge in [0.05, 0.1) is 17.2 Å². The van der Waals surface area contributed by atoms with Crippen LogP contribution in [0.3, 0.4) is 0 Å². The molecule has 112 valence electrons. The third-order valence-electron chi connectivity index (χ3n) is 3.48. The molecular formula is C14H22ClN3O2. The van der Waals surface area contributed by atoms with Gasteiger partial charge in [0.1, 0.15) is 5.69 Å². The molecule has 2 rings (SSSR count). The molecule has 0 aromatic carbocycles. The second kappa shape index (κ2) is 7.11. The van der Waals surface area contributed by atoms with E-state index >= 15 is 0 Å². The van der Waals surface area contributed by atoms with Crippen molar-refractivity contribution < 1.29 is 9.53 Å². The van der Waals surface area contributed by atoms with Gasteiger partial charge in [-0.05, 0) is 32.4 Å². The van der Waals surface area contributed by atoms with E-state index in [0.29, 0.717) is 17.3 Å². The lowest BCUT2D eigenvalue weighted by atomic mass is 10.0. The summed E-state index contributed by atoms with van der Waals surface area (Å²) < 4.78 is 5.80. The predicted octanol–water partition coefficient (Wildman–Crippen LogP) is 1.86. The summed E-state index contributed by atoms with van der Waals surface area (Å²) in [5.74, 6) is -0.128. The largest absolute Gasteiger partial charge is 0.375 e. The van der Waals surface area contributed by atoms with Gasteiger partial charge < -0.3 is 20.4 Å². The Labute approximate surface area is 124 Å². The van der Waals surface area contributed by atoms with Crippen molar-refractivity contribution in [3.8, 4) is 0 Å². The van der Waals surface area contributed by atoms with Crippen LogP contribution in [0.2, 0.25) is 5.02 Å². The number of ether oxygens (including phenoxy) is 1. The number of aromatic nitrogens is 1. The molecule has 1 aliphatic heterocycles. The first-order chi connectivity index (χ1) is 9.61. The fourth-order valence-corrected chi connectivity index (χ4v) is 2.50. The summed E-state index contributed by atoms with van der Waals surface area (Å²) in [6.07, 6.45) is 1.87. The number of carbonyl (C=O) groups is 1. The van der Waals surface area contributed by atoms with Crippen molar-refractivity contribution in [2.45, 2.75) is 38.8 Å². The molecule has 20 heavy (non-hydrogen) atoms. The van der Waals surface area contributed by atoms with Crippen molar-refractivity contribution in [1.29, 1.82) is 0 Å². The highest BCUT2D eigenvalue weighted by Gasteiger charge is 2.27. The first kappa shape index (κ1) is 15.4. The third kappa shape index (κ3) is 3.75. The van der Waals surface area contributed by atoms with E-state index in [1.54, 1.807) is 6.07 Å². The number of hydrogen-bond donors (Lipinski definition) is 3. The minimum atomic E-state index is -0.128. The van der Waals surface area contributed by atoms with Crippen LogP contribution in [0.5, 0.6) is 0 Å². The molecule has 1 aromatic heterocycles. The van der Waals surface area contributed by atoms with Crippen LogP contribution in [0.4, 0.5) is 0 Å². The van der Waals surface area contributed by atoms with Gasteiger partial charge in [-0.3, -0.25) is 4.79 Å². The summed E-state index contributed by atoms with van der Waals surface area (Å²) in [4.78, 5) is 15.2. The summed E-state index contributed by atoms with van der Waals surface area (Å²) >= 11 is 5.97. The van der Waals surface area contributed by atoms with Crippen LogP contribution in [-0.4, -0.2) is 42.7 Å². The second-order valence-electron chi connectivity index (χ2n) is 5.14. The second-order valence-corrected chi connectivity index (χ2v) is 5.55. The van der Waals surface area contributed by atoms with Crippen LogP contribution in [0.15, 0.2) is 6.07 Å². The van der Waals surface area contributed by atoms with E-state index in [1.807, 2.05) is 6.92 Å². The van der Waals surface area contributed by atoms with Crippen molar-refractivity contribution in [2.75, 3.05) is 19.7 Å². The summed E-state index contributed by atoms with van der Waals surface area (Å²) in [5, 5.41) is 6.92. The van der Waals surface area contributed by atoms with Crippen LogP contribution < -0.4 is 10.6 Å². The molecule has 0 aliphatic carbocycles. The Balaban J connectivity index is 1.97. The lowest BCUT2D eigenvalue weighted by Crippen LogP contribution is -2.53. The van der Waals surface area contributed by atoms with Crippen LogP contribution in [0.25, 0.3) is 0 Å². The van der Waals surface area contributed by atoms with E-state index in [9.17, 15) is 4.79 Å². The molecule has 0 bridgehead atoms. The molecule has 1 fully saturated rings. The molecule has 0 radical (unpaired) electrons. The van der Waals surface area contributed by atoms with Crippen molar-refractivity contribution >= 4 is 17.5 Å². The standard InChI is InChI=1S/C14H22ClN3O2/c1-3-6-20-13-8-16-5-4-11(13)18-14(19)12-7-10(15)9(2)17-12/h7,11,13,16-17H,3-6,8H2,1-2H3,(H,18,19)/t11-,13-/m0/s1. The topological polar surface area (TPSA) is 66.2 Å². The lowest BCUT2D eigenvalue weighted by Gasteiger charge is -2.32. The number of carbonyl (C=O) groups excluding carboxylic acids is 1. The predicted molar refractivity (Wildman–Crippen MR) is 79.3 cm³/mol. The zero-order chi connectivity index (χ0) is 14.5. The first-order valence-corrected chi connectivity index (χ1v) is 7.48. The van der Waals surface area contributed by atoms with Crippen molar-refractivity contribution in [3.63, 3.8) is 0 Å². The quantitative estimate of drug-likeness (QED) is 0.777. The van der Waals surface area contributed by atoms with Gasteiger partial charge in [-0.2, -0.15) is 0 Å². The molecule has 0 saturated carbocycles. The Morgan fingerprint density at radius 3 is 3.05 bits per heavy atom. The zero-order valence-electron chi connectivity index (χ0n) is 12.0. The molecule has 1 aromatic rings. The van der Waals surface area contributed by atoms with Crippen LogP contribution in [0, 0.1) is 6.92 Å². The van der Waals surface area contributed by atoms with E-state index in [1.165, 1.54) is 0 Å². The molecule has 1 aliphatic rings. The minimum absolute atomic E-state index is 0.0270. The number of rotatable bonds is 5. The number of H-pyrrole nitrogens is 1. The molecule has 6 heteroatoms. The maximum atomic E-state index is 12.2. The maximum absolute atomic E-state index is 12.2. The minimum Gasteiger partial charge on any atom is -0.375 e. The molecule has 1 saturated heterocycles. The van der Waals surface area contributed by atoms with E-state index in [2.05, 4.69) is 22.5 Å². The van der Waals surface area contributed by atoms with E-state index in [-0.39, 0.29) is 18.1 Å². The molecule has 0 unspecified atom stereocenters. The van der Waals surface area contributed by atoms with Gasteiger partial charge >= 0.3 is 0 Å². The molecular weight excluding hydrogens is 278 g/mol. The van der Waals surface area contributed by atoms with E-state index in [0.717, 1.165) is 31.6 Å². The molecule has 3 N–H and O–H groups in total. The number of hydrogen-bond acceptors (Lipinski definition) is 3. The number of piperidine rings is 1. The van der Waals surface area contributed by atoms with Gasteiger partial charge in [0.15, 0.2) is 0 Å². The highest BCUT2D eigenvalue weighted by molar-refractivity contribution is 6.31. The number of aromatic amines is 1. The van der Waals surface area contributed by atoms with Gasteiger partial charge in [-0.1, -0.05) is 18.5 Å². The van der Waals surface area contributed by atoms with Gasteiger partial charge in [0, 0.05) is 18.8 Å². The highest BCUT2D eigenvalue weighted by atomic mass is 35.5. The molecule has 0 spiro atoms. The van der Waals surface area contributed by atoms with Crippen molar-refractivity contribution in [1.82, 2.24) is 15.6 Å². The summed E-state index contributed by atoms with van der Waals surface area (Å²) in [7, 11) is 0. The van der Waals surface area contributed by atoms with Crippen molar-refractivity contribution in [3.05, 3.63) is 22.5 Å². The fourth-order valence-electron chi connectivity index (χ4n) is 2.34. The maximum Gasteiger partial charge on any atom is 0.268 e. The summed E-state index contributed by atoms with van der Waals surface area (Å²) in [6.45, 7) is 6.30. The lowest BCUT2D eigenvalue weighted by molar-refractivity contribution is 0.0142. The SMILES string of the molecule is CCCO[C@H]1CNCC[C@@H]1NC(=O)c1cc(Cl)c(C)[nH]1. The highest BCUT2D eigenvalue weighted by Crippen LogP contribution is 2.16. The van der Waals surface area contributed by atoms with Gasteiger partial charge in [0.25, 0.3) is 5.91 Å². The van der Waals surface area contributed by atoms with Gasteiger partial charge in [0.2, 0.25) is 0 Å². The Bertz CT molecular complexity index is 442. The molecule has 1 amide bonds.